The van der Waals surface area contributed by atoms with E-state index in [1.165, 1.54) is 0 Å². The van der Waals surface area contributed by atoms with Crippen molar-refractivity contribution in [2.75, 3.05) is 13.1 Å². The lowest BCUT2D eigenvalue weighted by molar-refractivity contribution is 0.0428. The number of aliphatic hydroxyl groups excluding tert-OH is 2. The molecule has 2 saturated heterocycles. The highest BCUT2D eigenvalue weighted by Gasteiger charge is 2.47. The summed E-state index contributed by atoms with van der Waals surface area (Å²) in [5.41, 5.74) is -0.401. The Kier molecular flexibility index (Phi) is 2.77. The fourth-order valence-electron chi connectivity index (χ4n) is 2.50. The molecular formula is C9H19N3O2. The van der Waals surface area contributed by atoms with Gasteiger partial charge in [0.1, 0.15) is 6.23 Å². The third-order valence-corrected chi connectivity index (χ3v) is 3.52. The van der Waals surface area contributed by atoms with Gasteiger partial charge in [-0.15, -0.1) is 0 Å². The molecule has 0 aromatic carbocycles. The Hall–Kier alpha value is -0.200. The molecule has 0 aromatic rings. The van der Waals surface area contributed by atoms with Crippen LogP contribution in [0.4, 0.5) is 0 Å². The average Bonchev–Trinajstić information content (AvgIpc) is 2.43. The number of piperidine rings is 1. The van der Waals surface area contributed by atoms with E-state index in [1.807, 2.05) is 6.92 Å². The third-order valence-electron chi connectivity index (χ3n) is 3.52. The zero-order chi connectivity index (χ0) is 10.2. The first-order valence-electron chi connectivity index (χ1n) is 5.23. The van der Waals surface area contributed by atoms with Crippen molar-refractivity contribution in [1.82, 2.24) is 16.0 Å². The lowest BCUT2D eigenvalue weighted by Gasteiger charge is -2.38. The molecule has 14 heavy (non-hydrogen) atoms. The number of hydrogen-bond donors (Lipinski definition) is 5. The van der Waals surface area contributed by atoms with Crippen molar-refractivity contribution in [3.8, 4) is 0 Å². The van der Waals surface area contributed by atoms with Crippen molar-refractivity contribution in [3.05, 3.63) is 0 Å². The zero-order valence-electron chi connectivity index (χ0n) is 8.45. The molecule has 5 nitrogen and oxygen atoms in total. The molecule has 0 amide bonds. The van der Waals surface area contributed by atoms with Crippen LogP contribution in [-0.4, -0.2) is 41.4 Å². The number of rotatable bonds is 1. The first-order valence-corrected chi connectivity index (χ1v) is 5.23. The second-order valence-corrected chi connectivity index (χ2v) is 4.42. The summed E-state index contributed by atoms with van der Waals surface area (Å²) < 4.78 is 0. The maximum atomic E-state index is 9.82. The maximum absolute atomic E-state index is 9.82. The number of nitrogens with one attached hydrogen (secondary N) is 3. The molecule has 2 rings (SSSR count). The van der Waals surface area contributed by atoms with Crippen molar-refractivity contribution in [2.24, 2.45) is 5.92 Å². The van der Waals surface area contributed by atoms with E-state index in [0.29, 0.717) is 5.92 Å². The van der Waals surface area contributed by atoms with E-state index < -0.39 is 18.1 Å². The van der Waals surface area contributed by atoms with Crippen LogP contribution >= 0.6 is 0 Å². The van der Waals surface area contributed by atoms with E-state index in [9.17, 15) is 10.2 Å². The van der Waals surface area contributed by atoms with Crippen LogP contribution in [0.1, 0.15) is 19.8 Å². The normalized spacial score (nSPS) is 45.6. The lowest BCUT2D eigenvalue weighted by atomic mass is 9.79. The molecule has 3 atom stereocenters. The van der Waals surface area contributed by atoms with Gasteiger partial charge in [0.2, 0.25) is 0 Å². The minimum atomic E-state index is -0.787. The zero-order valence-corrected chi connectivity index (χ0v) is 8.45. The summed E-state index contributed by atoms with van der Waals surface area (Å²) in [5.74, 6) is 0.406. The predicted molar refractivity (Wildman–Crippen MR) is 52.3 cm³/mol. The van der Waals surface area contributed by atoms with Crippen LogP contribution in [-0.2, 0) is 0 Å². The lowest BCUT2D eigenvalue weighted by Crippen LogP contribution is -2.55. The largest absolute Gasteiger partial charge is 0.377 e. The second-order valence-electron chi connectivity index (χ2n) is 4.42. The first-order chi connectivity index (χ1) is 6.63. The maximum Gasteiger partial charge on any atom is 0.163 e. The standard InChI is InChI=1S/C9H19N3O2/c1-9(6-2-4-10-5-3-6)7(13)11-8(14)12-9/h6-8,10-14H,2-5H2,1H3. The topological polar surface area (TPSA) is 76.5 Å². The molecule has 2 aliphatic heterocycles. The van der Waals surface area contributed by atoms with Crippen molar-refractivity contribution >= 4 is 0 Å². The Labute approximate surface area is 83.9 Å². The highest BCUT2D eigenvalue weighted by molar-refractivity contribution is 5.01. The van der Waals surface area contributed by atoms with Crippen LogP contribution in [0.25, 0.3) is 0 Å². The highest BCUT2D eigenvalue weighted by atomic mass is 16.3. The quantitative estimate of drug-likeness (QED) is 0.358. The summed E-state index contributed by atoms with van der Waals surface area (Å²) in [6, 6.07) is 0. The van der Waals surface area contributed by atoms with Gasteiger partial charge in [-0.1, -0.05) is 0 Å². The van der Waals surface area contributed by atoms with E-state index in [2.05, 4.69) is 16.0 Å². The highest BCUT2D eigenvalue weighted by Crippen LogP contribution is 2.30. The van der Waals surface area contributed by atoms with Gasteiger partial charge in [-0.3, -0.25) is 10.6 Å². The minimum Gasteiger partial charge on any atom is -0.377 e. The Morgan fingerprint density at radius 2 is 1.86 bits per heavy atom. The molecule has 2 heterocycles. The first kappa shape index (κ1) is 10.3. The molecule has 0 bridgehead atoms. The van der Waals surface area contributed by atoms with E-state index in [4.69, 9.17) is 0 Å². The van der Waals surface area contributed by atoms with Crippen LogP contribution in [0.5, 0.6) is 0 Å². The Morgan fingerprint density at radius 1 is 1.21 bits per heavy atom. The van der Waals surface area contributed by atoms with Crippen LogP contribution in [0.15, 0.2) is 0 Å². The monoisotopic (exact) mass is 201 g/mol. The summed E-state index contributed by atoms with van der Waals surface area (Å²) in [6.07, 6.45) is 0.620. The molecule has 0 aliphatic carbocycles. The fraction of sp³-hybridized carbons (Fsp3) is 1.00. The molecule has 0 saturated carbocycles. The van der Waals surface area contributed by atoms with E-state index in [-0.39, 0.29) is 0 Å². The van der Waals surface area contributed by atoms with Gasteiger partial charge >= 0.3 is 0 Å². The number of hydrogen-bond acceptors (Lipinski definition) is 5. The van der Waals surface area contributed by atoms with E-state index in [0.717, 1.165) is 25.9 Å². The summed E-state index contributed by atoms with van der Waals surface area (Å²) in [6.45, 7) is 3.95. The van der Waals surface area contributed by atoms with Gasteiger partial charge in [0.05, 0.1) is 5.54 Å². The van der Waals surface area contributed by atoms with Crippen molar-refractivity contribution in [2.45, 2.75) is 37.9 Å². The Morgan fingerprint density at radius 3 is 2.36 bits per heavy atom. The van der Waals surface area contributed by atoms with E-state index in [1.54, 1.807) is 0 Å². The summed E-state index contributed by atoms with van der Waals surface area (Å²) in [7, 11) is 0. The summed E-state index contributed by atoms with van der Waals surface area (Å²) >= 11 is 0. The van der Waals surface area contributed by atoms with Gasteiger partial charge in [0.15, 0.2) is 6.35 Å². The Balaban J connectivity index is 2.06. The molecule has 5 N–H and O–H groups in total. The molecule has 0 radical (unpaired) electrons. The predicted octanol–water partition coefficient (Wildman–Crippen LogP) is -1.47. The molecule has 3 unspecified atom stereocenters. The van der Waals surface area contributed by atoms with Crippen LogP contribution in [0.2, 0.25) is 0 Å². The molecular weight excluding hydrogens is 182 g/mol. The fourth-order valence-corrected chi connectivity index (χ4v) is 2.50. The molecule has 2 aliphatic rings. The second kappa shape index (κ2) is 3.75. The van der Waals surface area contributed by atoms with Gasteiger partial charge in [0.25, 0.3) is 0 Å². The average molecular weight is 201 g/mol. The SMILES string of the molecule is CC1(C2CCNCC2)NC(O)NC1O. The van der Waals surface area contributed by atoms with Crippen LogP contribution in [0.3, 0.4) is 0 Å². The Bertz CT molecular complexity index is 208. The smallest absolute Gasteiger partial charge is 0.163 e. The van der Waals surface area contributed by atoms with Gasteiger partial charge in [0, 0.05) is 0 Å². The molecule has 2 fully saturated rings. The van der Waals surface area contributed by atoms with Gasteiger partial charge in [-0.2, -0.15) is 0 Å². The summed E-state index contributed by atoms with van der Waals surface area (Å²) in [4.78, 5) is 0. The van der Waals surface area contributed by atoms with Crippen molar-refractivity contribution in [1.29, 1.82) is 0 Å². The molecule has 5 heteroatoms. The van der Waals surface area contributed by atoms with Gasteiger partial charge in [-0.25, -0.2) is 0 Å². The third kappa shape index (κ3) is 1.66. The van der Waals surface area contributed by atoms with Crippen LogP contribution in [0, 0.1) is 5.92 Å². The molecule has 82 valence electrons. The van der Waals surface area contributed by atoms with Crippen molar-refractivity contribution in [3.63, 3.8) is 0 Å². The van der Waals surface area contributed by atoms with Gasteiger partial charge < -0.3 is 15.5 Å². The molecule has 0 aromatic heterocycles. The number of aliphatic hydroxyl groups is 2. The van der Waals surface area contributed by atoms with E-state index >= 15 is 0 Å². The van der Waals surface area contributed by atoms with Gasteiger partial charge in [-0.05, 0) is 38.8 Å². The van der Waals surface area contributed by atoms with Crippen molar-refractivity contribution < 1.29 is 10.2 Å². The van der Waals surface area contributed by atoms with Crippen LogP contribution < -0.4 is 16.0 Å². The molecule has 0 spiro atoms. The minimum absolute atomic E-state index is 0.401. The summed E-state index contributed by atoms with van der Waals surface area (Å²) in [5, 5.41) is 28.2.